The maximum absolute atomic E-state index is 9.48. The number of hydrogen-bond donors (Lipinski definition) is 2. The lowest BCUT2D eigenvalue weighted by molar-refractivity contribution is 0.422. The van der Waals surface area contributed by atoms with E-state index in [0.717, 1.165) is 35.0 Å². The molecule has 5 heteroatoms. The third kappa shape index (κ3) is 4.58. The van der Waals surface area contributed by atoms with Crippen molar-refractivity contribution in [1.29, 1.82) is 0 Å². The Hall–Kier alpha value is -1.46. The average molecular weight is 291 g/mol. The van der Waals surface area contributed by atoms with Crippen molar-refractivity contribution in [2.75, 3.05) is 6.54 Å². The number of nitrogens with zero attached hydrogens (tertiary/aromatic N) is 2. The summed E-state index contributed by atoms with van der Waals surface area (Å²) >= 11 is 1.59. The van der Waals surface area contributed by atoms with Crippen molar-refractivity contribution in [2.45, 2.75) is 39.2 Å². The van der Waals surface area contributed by atoms with Crippen molar-refractivity contribution >= 4 is 11.3 Å². The lowest BCUT2D eigenvalue weighted by Crippen LogP contribution is -2.36. The number of aryl methyl sites for hydroxylation is 1. The molecule has 0 aliphatic rings. The fourth-order valence-corrected chi connectivity index (χ4v) is 2.69. The Bertz CT molecular complexity index is 560. The fourth-order valence-electron chi connectivity index (χ4n) is 1.81. The fraction of sp³-hybridized carbons (Fsp3) is 0.467. The Labute approximate surface area is 123 Å². The van der Waals surface area contributed by atoms with Gasteiger partial charge in [-0.2, -0.15) is 0 Å². The van der Waals surface area contributed by atoms with Crippen LogP contribution in [0.25, 0.3) is 10.6 Å². The van der Waals surface area contributed by atoms with Gasteiger partial charge in [-0.3, -0.25) is 0 Å². The molecule has 0 fully saturated rings. The summed E-state index contributed by atoms with van der Waals surface area (Å²) in [7, 11) is 0. The van der Waals surface area contributed by atoms with Gasteiger partial charge in [0.15, 0.2) is 0 Å². The van der Waals surface area contributed by atoms with Crippen LogP contribution >= 0.6 is 11.3 Å². The summed E-state index contributed by atoms with van der Waals surface area (Å²) in [5, 5.41) is 23.2. The smallest absolute Gasteiger partial charge is 0.147 e. The summed E-state index contributed by atoms with van der Waals surface area (Å²) in [6.07, 6.45) is 1.98. The van der Waals surface area contributed by atoms with Gasteiger partial charge in [0.05, 0.1) is 0 Å². The SMILES string of the molecule is CC(C)(C)NCCCc1nnc(-c2cccc(O)c2)s1. The standard InChI is InChI=1S/C15H21N3OS/c1-15(2,3)16-9-5-8-13-17-18-14(20-13)11-6-4-7-12(19)10-11/h4,6-7,10,16,19H,5,8-9H2,1-3H3. The highest BCUT2D eigenvalue weighted by atomic mass is 32.1. The summed E-state index contributed by atoms with van der Waals surface area (Å²) in [6.45, 7) is 7.47. The van der Waals surface area contributed by atoms with E-state index in [-0.39, 0.29) is 11.3 Å². The molecule has 0 spiro atoms. The molecule has 1 aromatic heterocycles. The molecule has 0 amide bonds. The number of benzene rings is 1. The van der Waals surface area contributed by atoms with E-state index in [1.165, 1.54) is 0 Å². The van der Waals surface area contributed by atoms with Gasteiger partial charge in [0, 0.05) is 17.5 Å². The van der Waals surface area contributed by atoms with Crippen LogP contribution in [0.4, 0.5) is 0 Å². The molecule has 2 aromatic rings. The lowest BCUT2D eigenvalue weighted by Gasteiger charge is -2.20. The quantitative estimate of drug-likeness (QED) is 0.830. The molecule has 2 rings (SSSR count). The first kappa shape index (κ1) is 14.9. The van der Waals surface area contributed by atoms with E-state index in [9.17, 15) is 5.11 Å². The van der Waals surface area contributed by atoms with Crippen LogP contribution in [-0.2, 0) is 6.42 Å². The summed E-state index contributed by atoms with van der Waals surface area (Å²) < 4.78 is 0. The lowest BCUT2D eigenvalue weighted by atomic mass is 10.1. The third-order valence-electron chi connectivity index (χ3n) is 2.78. The Morgan fingerprint density at radius 3 is 2.75 bits per heavy atom. The maximum atomic E-state index is 9.48. The molecule has 4 nitrogen and oxygen atoms in total. The molecule has 108 valence electrons. The topological polar surface area (TPSA) is 58.0 Å². The van der Waals surface area contributed by atoms with Crippen LogP contribution in [0.3, 0.4) is 0 Å². The number of phenols is 1. The van der Waals surface area contributed by atoms with Crippen LogP contribution in [0, 0.1) is 0 Å². The van der Waals surface area contributed by atoms with Crippen molar-refractivity contribution in [3.63, 3.8) is 0 Å². The van der Waals surface area contributed by atoms with Gasteiger partial charge in [-0.25, -0.2) is 0 Å². The summed E-state index contributed by atoms with van der Waals surface area (Å²) in [4.78, 5) is 0. The van der Waals surface area contributed by atoms with E-state index in [1.807, 2.05) is 12.1 Å². The second-order valence-corrected chi connectivity index (χ2v) is 6.89. The van der Waals surface area contributed by atoms with Gasteiger partial charge in [0.25, 0.3) is 0 Å². The number of phenolic OH excluding ortho intramolecular Hbond substituents is 1. The zero-order valence-corrected chi connectivity index (χ0v) is 13.0. The van der Waals surface area contributed by atoms with Crippen LogP contribution in [0.15, 0.2) is 24.3 Å². The first-order valence-corrected chi connectivity index (χ1v) is 7.62. The second kappa shape index (κ2) is 6.33. The average Bonchev–Trinajstić information content (AvgIpc) is 2.82. The maximum Gasteiger partial charge on any atom is 0.147 e. The zero-order chi connectivity index (χ0) is 14.6. The van der Waals surface area contributed by atoms with Crippen molar-refractivity contribution in [3.05, 3.63) is 29.3 Å². The van der Waals surface area contributed by atoms with Gasteiger partial charge in [-0.15, -0.1) is 10.2 Å². The molecule has 0 bridgehead atoms. The summed E-state index contributed by atoms with van der Waals surface area (Å²) in [5.74, 6) is 0.258. The molecule has 2 N–H and O–H groups in total. The molecule has 0 aliphatic heterocycles. The Balaban J connectivity index is 1.90. The van der Waals surface area contributed by atoms with Gasteiger partial charge in [-0.1, -0.05) is 23.5 Å². The molecule has 20 heavy (non-hydrogen) atoms. The highest BCUT2D eigenvalue weighted by Crippen LogP contribution is 2.26. The molecular formula is C15H21N3OS. The molecule has 1 heterocycles. The molecule has 0 aliphatic carbocycles. The van der Waals surface area contributed by atoms with E-state index in [1.54, 1.807) is 23.5 Å². The van der Waals surface area contributed by atoms with Crippen LogP contribution in [0.1, 0.15) is 32.2 Å². The number of aromatic hydroxyl groups is 1. The third-order valence-corrected chi connectivity index (χ3v) is 3.81. The molecule has 1 aromatic carbocycles. The Morgan fingerprint density at radius 2 is 2.05 bits per heavy atom. The van der Waals surface area contributed by atoms with E-state index in [2.05, 4.69) is 36.3 Å². The normalized spacial score (nSPS) is 11.8. The first-order chi connectivity index (χ1) is 9.44. The molecule has 0 saturated heterocycles. The molecule has 0 atom stereocenters. The highest BCUT2D eigenvalue weighted by molar-refractivity contribution is 7.14. The van der Waals surface area contributed by atoms with Gasteiger partial charge in [-0.05, 0) is 45.9 Å². The van der Waals surface area contributed by atoms with E-state index in [4.69, 9.17) is 0 Å². The van der Waals surface area contributed by atoms with Gasteiger partial charge in [0.1, 0.15) is 15.8 Å². The van der Waals surface area contributed by atoms with Crippen molar-refractivity contribution < 1.29 is 5.11 Å². The monoisotopic (exact) mass is 291 g/mol. The predicted molar refractivity (Wildman–Crippen MR) is 83.1 cm³/mol. The summed E-state index contributed by atoms with van der Waals surface area (Å²) in [5.41, 5.74) is 1.08. The number of rotatable bonds is 5. The minimum atomic E-state index is 0.161. The highest BCUT2D eigenvalue weighted by Gasteiger charge is 2.09. The number of aromatic nitrogens is 2. The van der Waals surface area contributed by atoms with Crippen molar-refractivity contribution in [3.8, 4) is 16.3 Å². The van der Waals surface area contributed by atoms with Crippen LogP contribution in [0.5, 0.6) is 5.75 Å². The van der Waals surface area contributed by atoms with Crippen LogP contribution in [-0.4, -0.2) is 27.4 Å². The molecule has 0 radical (unpaired) electrons. The van der Waals surface area contributed by atoms with Crippen LogP contribution in [0.2, 0.25) is 0 Å². The zero-order valence-electron chi connectivity index (χ0n) is 12.2. The van der Waals surface area contributed by atoms with Gasteiger partial charge >= 0.3 is 0 Å². The van der Waals surface area contributed by atoms with Gasteiger partial charge < -0.3 is 10.4 Å². The van der Waals surface area contributed by atoms with Crippen LogP contribution < -0.4 is 5.32 Å². The second-order valence-electron chi connectivity index (χ2n) is 5.83. The largest absolute Gasteiger partial charge is 0.508 e. The molecule has 0 saturated carbocycles. The van der Waals surface area contributed by atoms with Crippen molar-refractivity contribution in [1.82, 2.24) is 15.5 Å². The Morgan fingerprint density at radius 1 is 1.25 bits per heavy atom. The van der Waals surface area contributed by atoms with E-state index >= 15 is 0 Å². The number of hydrogen-bond acceptors (Lipinski definition) is 5. The summed E-state index contributed by atoms with van der Waals surface area (Å²) in [6, 6.07) is 7.12. The van der Waals surface area contributed by atoms with Gasteiger partial charge in [0.2, 0.25) is 0 Å². The Kier molecular flexibility index (Phi) is 4.73. The van der Waals surface area contributed by atoms with Crippen molar-refractivity contribution in [2.24, 2.45) is 0 Å². The minimum Gasteiger partial charge on any atom is -0.508 e. The predicted octanol–water partition coefficient (Wildman–Crippen LogP) is 3.23. The minimum absolute atomic E-state index is 0.161. The molecular weight excluding hydrogens is 270 g/mol. The molecule has 0 unspecified atom stereocenters. The van der Waals surface area contributed by atoms with E-state index < -0.39 is 0 Å². The first-order valence-electron chi connectivity index (χ1n) is 6.81. The number of nitrogens with one attached hydrogen (secondary N) is 1. The van der Waals surface area contributed by atoms with E-state index in [0.29, 0.717) is 0 Å².